The van der Waals surface area contributed by atoms with Crippen molar-refractivity contribution in [3.63, 3.8) is 0 Å². The van der Waals surface area contributed by atoms with E-state index in [1.807, 2.05) is 6.92 Å². The van der Waals surface area contributed by atoms with Gasteiger partial charge in [0.25, 0.3) is 0 Å². The number of hydrogen-bond acceptors (Lipinski definition) is 4. The molecule has 1 aromatic carbocycles. The van der Waals surface area contributed by atoms with Gasteiger partial charge in [-0.3, -0.25) is 10.1 Å². The highest BCUT2D eigenvalue weighted by atomic mass is 16.6. The van der Waals surface area contributed by atoms with E-state index in [1.54, 1.807) is 24.3 Å². The summed E-state index contributed by atoms with van der Waals surface area (Å²) in [7, 11) is 0. The van der Waals surface area contributed by atoms with Crippen LogP contribution in [0.1, 0.15) is 18.9 Å². The molecular formula is C12H11NO4. The first-order valence-electron chi connectivity index (χ1n) is 5.34. The van der Waals surface area contributed by atoms with Crippen molar-refractivity contribution in [1.82, 2.24) is 0 Å². The topological polar surface area (TPSA) is 73.3 Å². The lowest BCUT2D eigenvalue weighted by Crippen LogP contribution is -2.10. The average Bonchev–Trinajstić information content (AvgIpc) is 2.28. The van der Waals surface area contributed by atoms with Crippen LogP contribution >= 0.6 is 0 Å². The lowest BCUT2D eigenvalue weighted by atomic mass is 10.0. The molecule has 0 bridgehead atoms. The van der Waals surface area contributed by atoms with E-state index in [0.29, 0.717) is 23.0 Å². The summed E-state index contributed by atoms with van der Waals surface area (Å²) in [6.07, 6.45) is 1.22. The summed E-state index contributed by atoms with van der Waals surface area (Å²) in [5.41, 5.74) is -0.460. The predicted octanol–water partition coefficient (Wildman–Crippen LogP) is 2.65. The van der Waals surface area contributed by atoms with Gasteiger partial charge in [-0.15, -0.1) is 0 Å². The van der Waals surface area contributed by atoms with Crippen LogP contribution in [0.25, 0.3) is 11.0 Å². The van der Waals surface area contributed by atoms with Crippen LogP contribution in [-0.2, 0) is 6.42 Å². The Labute approximate surface area is 96.8 Å². The van der Waals surface area contributed by atoms with E-state index in [2.05, 4.69) is 0 Å². The van der Waals surface area contributed by atoms with E-state index in [-0.39, 0.29) is 0 Å². The molecule has 0 amide bonds. The minimum Gasteiger partial charge on any atom is -0.418 e. The van der Waals surface area contributed by atoms with E-state index in [9.17, 15) is 14.9 Å². The summed E-state index contributed by atoms with van der Waals surface area (Å²) in [6, 6.07) is 6.87. The number of para-hydroxylation sites is 1. The lowest BCUT2D eigenvalue weighted by Gasteiger charge is -2.04. The maximum atomic E-state index is 11.6. The van der Waals surface area contributed by atoms with Crippen molar-refractivity contribution in [3.8, 4) is 0 Å². The molecule has 17 heavy (non-hydrogen) atoms. The van der Waals surface area contributed by atoms with Crippen molar-refractivity contribution < 1.29 is 9.34 Å². The van der Waals surface area contributed by atoms with Gasteiger partial charge in [0.15, 0.2) is 0 Å². The van der Waals surface area contributed by atoms with E-state index in [0.717, 1.165) is 6.42 Å². The zero-order valence-corrected chi connectivity index (χ0v) is 9.30. The van der Waals surface area contributed by atoms with Crippen LogP contribution in [0.3, 0.4) is 0 Å². The molecule has 0 spiro atoms. The maximum Gasteiger partial charge on any atom is 0.415 e. The highest BCUT2D eigenvalue weighted by Crippen LogP contribution is 2.25. The Morgan fingerprint density at radius 3 is 2.71 bits per heavy atom. The van der Waals surface area contributed by atoms with Crippen LogP contribution in [0.2, 0.25) is 0 Å². The number of fused-ring (bicyclic) bond motifs is 1. The van der Waals surface area contributed by atoms with Gasteiger partial charge in [0.2, 0.25) is 0 Å². The second-order valence-electron chi connectivity index (χ2n) is 3.72. The minimum absolute atomic E-state index is 0.395. The number of nitrogens with zero attached hydrogens (tertiary/aromatic N) is 1. The van der Waals surface area contributed by atoms with Crippen molar-refractivity contribution in [2.45, 2.75) is 19.8 Å². The standard InChI is InChI=1S/C12H11NO4/c1-2-5-9-8-6-3-4-7-10(8)17-12(14)11(9)13(15)16/h3-4,6-7H,2,5H2,1H3. The van der Waals surface area contributed by atoms with Crippen molar-refractivity contribution >= 4 is 16.7 Å². The molecule has 1 aromatic heterocycles. The van der Waals surface area contributed by atoms with E-state index < -0.39 is 16.2 Å². The van der Waals surface area contributed by atoms with Crippen LogP contribution < -0.4 is 5.63 Å². The molecule has 2 aromatic rings. The second-order valence-corrected chi connectivity index (χ2v) is 3.72. The van der Waals surface area contributed by atoms with Crippen molar-refractivity contribution in [1.29, 1.82) is 0 Å². The quantitative estimate of drug-likeness (QED) is 0.464. The Kier molecular flexibility index (Phi) is 2.91. The molecule has 0 aliphatic heterocycles. The molecule has 0 saturated carbocycles. The zero-order chi connectivity index (χ0) is 12.4. The molecule has 0 saturated heterocycles. The number of aryl methyl sites for hydroxylation is 1. The smallest absolute Gasteiger partial charge is 0.415 e. The number of rotatable bonds is 3. The summed E-state index contributed by atoms with van der Waals surface area (Å²) in [4.78, 5) is 21.8. The Balaban J connectivity index is 2.88. The first-order chi connectivity index (χ1) is 8.15. The van der Waals surface area contributed by atoms with Gasteiger partial charge in [-0.25, -0.2) is 4.79 Å². The number of nitro groups is 1. The number of benzene rings is 1. The third kappa shape index (κ3) is 1.91. The fourth-order valence-electron chi connectivity index (χ4n) is 1.89. The molecule has 0 N–H and O–H groups in total. The Morgan fingerprint density at radius 2 is 2.06 bits per heavy atom. The molecule has 88 valence electrons. The maximum absolute atomic E-state index is 11.6. The molecule has 0 unspecified atom stereocenters. The zero-order valence-electron chi connectivity index (χ0n) is 9.30. The fraction of sp³-hybridized carbons (Fsp3) is 0.250. The monoisotopic (exact) mass is 233 g/mol. The van der Waals surface area contributed by atoms with Crippen LogP contribution in [0.15, 0.2) is 33.5 Å². The highest BCUT2D eigenvalue weighted by Gasteiger charge is 2.23. The third-order valence-electron chi connectivity index (χ3n) is 2.58. The molecule has 2 rings (SSSR count). The van der Waals surface area contributed by atoms with Crippen molar-refractivity contribution in [3.05, 3.63) is 50.4 Å². The third-order valence-corrected chi connectivity index (χ3v) is 2.58. The van der Waals surface area contributed by atoms with Gasteiger partial charge in [0.05, 0.1) is 4.92 Å². The van der Waals surface area contributed by atoms with Crippen LogP contribution in [0.5, 0.6) is 0 Å². The minimum atomic E-state index is -0.878. The molecule has 0 radical (unpaired) electrons. The molecule has 1 heterocycles. The summed E-state index contributed by atoms with van der Waals surface area (Å²) in [5.74, 6) is 0. The molecule has 5 nitrogen and oxygen atoms in total. The highest BCUT2D eigenvalue weighted by molar-refractivity contribution is 5.83. The molecular weight excluding hydrogens is 222 g/mol. The van der Waals surface area contributed by atoms with Gasteiger partial charge in [-0.1, -0.05) is 31.5 Å². The normalized spacial score (nSPS) is 10.6. The van der Waals surface area contributed by atoms with Crippen LogP contribution in [0, 0.1) is 10.1 Å². The van der Waals surface area contributed by atoms with E-state index in [1.165, 1.54) is 0 Å². The van der Waals surface area contributed by atoms with E-state index in [4.69, 9.17) is 4.42 Å². The van der Waals surface area contributed by atoms with E-state index >= 15 is 0 Å². The molecule has 0 atom stereocenters. The largest absolute Gasteiger partial charge is 0.418 e. The Hall–Kier alpha value is -2.17. The predicted molar refractivity (Wildman–Crippen MR) is 63.1 cm³/mol. The average molecular weight is 233 g/mol. The van der Waals surface area contributed by atoms with Crippen LogP contribution in [-0.4, -0.2) is 4.92 Å². The molecule has 0 aliphatic carbocycles. The summed E-state index contributed by atoms with van der Waals surface area (Å²) in [5, 5.41) is 11.5. The summed E-state index contributed by atoms with van der Waals surface area (Å²) < 4.78 is 4.94. The van der Waals surface area contributed by atoms with Crippen LogP contribution in [0.4, 0.5) is 5.69 Å². The lowest BCUT2D eigenvalue weighted by molar-refractivity contribution is -0.387. The van der Waals surface area contributed by atoms with Gasteiger partial charge < -0.3 is 4.42 Å². The van der Waals surface area contributed by atoms with Crippen molar-refractivity contribution in [2.75, 3.05) is 0 Å². The van der Waals surface area contributed by atoms with Gasteiger partial charge >= 0.3 is 11.3 Å². The SMILES string of the molecule is CCCc1c([N+](=O)[O-])c(=O)oc2ccccc12. The molecule has 0 aliphatic rings. The first-order valence-corrected chi connectivity index (χ1v) is 5.34. The second kappa shape index (κ2) is 4.37. The van der Waals surface area contributed by atoms with Gasteiger partial charge in [-0.05, 0) is 12.5 Å². The summed E-state index contributed by atoms with van der Waals surface area (Å²) in [6.45, 7) is 1.91. The van der Waals surface area contributed by atoms with Gasteiger partial charge in [0, 0.05) is 10.9 Å². The van der Waals surface area contributed by atoms with Gasteiger partial charge in [0.1, 0.15) is 5.58 Å². The fourth-order valence-corrected chi connectivity index (χ4v) is 1.89. The van der Waals surface area contributed by atoms with Crippen molar-refractivity contribution in [2.24, 2.45) is 0 Å². The summed E-state index contributed by atoms with van der Waals surface area (Å²) >= 11 is 0. The Morgan fingerprint density at radius 1 is 1.35 bits per heavy atom. The molecule has 0 fully saturated rings. The number of hydrogen-bond donors (Lipinski definition) is 0. The van der Waals surface area contributed by atoms with Gasteiger partial charge in [-0.2, -0.15) is 0 Å². The first kappa shape index (κ1) is 11.3. The Bertz CT molecular complexity index is 630. The molecule has 5 heteroatoms.